The predicted octanol–water partition coefficient (Wildman–Crippen LogP) is 2.75. The molecule has 0 bridgehead atoms. The van der Waals surface area contributed by atoms with Crippen LogP contribution < -0.4 is 15.8 Å². The Hall–Kier alpha value is -1.06. The number of hydrogen-bond donors (Lipinski definition) is 2. The molecule has 1 aliphatic carbocycles. The second-order valence-electron chi connectivity index (χ2n) is 5.53. The maximum absolute atomic E-state index is 5.93. The minimum Gasteiger partial charge on any atom is -0.494 e. The van der Waals surface area contributed by atoms with Crippen molar-refractivity contribution >= 4 is 0 Å². The Bertz CT molecular complexity index is 398. The first-order valence-electron chi connectivity index (χ1n) is 7.40. The van der Waals surface area contributed by atoms with Gasteiger partial charge in [0.15, 0.2) is 0 Å². The zero-order chi connectivity index (χ0) is 13.7. The molecule has 1 saturated carbocycles. The summed E-state index contributed by atoms with van der Waals surface area (Å²) in [5, 5.41) is 3.64. The number of benzene rings is 1. The summed E-state index contributed by atoms with van der Waals surface area (Å²) in [6.07, 6.45) is 4.72. The third-order valence-corrected chi connectivity index (χ3v) is 3.91. The molecule has 0 unspecified atom stereocenters. The van der Waals surface area contributed by atoms with Crippen LogP contribution in [-0.2, 0) is 6.54 Å². The lowest BCUT2D eigenvalue weighted by Gasteiger charge is -2.27. The van der Waals surface area contributed by atoms with Crippen molar-refractivity contribution < 1.29 is 4.74 Å². The molecule has 0 spiro atoms. The lowest BCUT2D eigenvalue weighted by Crippen LogP contribution is -2.37. The van der Waals surface area contributed by atoms with Crippen LogP contribution in [-0.4, -0.2) is 18.7 Å². The third-order valence-electron chi connectivity index (χ3n) is 3.91. The Labute approximate surface area is 116 Å². The van der Waals surface area contributed by atoms with E-state index >= 15 is 0 Å². The van der Waals surface area contributed by atoms with Crippen LogP contribution in [0.2, 0.25) is 0 Å². The molecular formula is C16H26N2O. The second-order valence-corrected chi connectivity index (χ2v) is 5.53. The highest BCUT2D eigenvalue weighted by atomic mass is 16.5. The van der Waals surface area contributed by atoms with Gasteiger partial charge in [0.2, 0.25) is 0 Å². The summed E-state index contributed by atoms with van der Waals surface area (Å²) in [6, 6.07) is 7.50. The van der Waals surface area contributed by atoms with Gasteiger partial charge in [-0.05, 0) is 56.7 Å². The number of aryl methyl sites for hydroxylation is 1. The molecule has 0 aromatic heterocycles. The zero-order valence-corrected chi connectivity index (χ0v) is 12.1. The van der Waals surface area contributed by atoms with Gasteiger partial charge < -0.3 is 15.8 Å². The highest BCUT2D eigenvalue weighted by Crippen LogP contribution is 2.20. The molecule has 106 valence electrons. The van der Waals surface area contributed by atoms with Crippen LogP contribution in [0.4, 0.5) is 0 Å². The molecule has 1 aliphatic rings. The van der Waals surface area contributed by atoms with Crippen molar-refractivity contribution in [3.05, 3.63) is 29.3 Å². The molecule has 0 atom stereocenters. The highest BCUT2D eigenvalue weighted by Gasteiger charge is 2.17. The van der Waals surface area contributed by atoms with Gasteiger partial charge in [-0.15, -0.1) is 0 Å². The summed E-state index contributed by atoms with van der Waals surface area (Å²) < 4.78 is 5.56. The lowest BCUT2D eigenvalue weighted by molar-refractivity contribution is 0.336. The predicted molar refractivity (Wildman–Crippen MR) is 79.4 cm³/mol. The van der Waals surface area contributed by atoms with Crippen LogP contribution in [0.15, 0.2) is 18.2 Å². The van der Waals surface area contributed by atoms with Gasteiger partial charge in [-0.2, -0.15) is 0 Å². The first-order chi connectivity index (χ1) is 9.19. The molecule has 1 aromatic carbocycles. The minimum absolute atomic E-state index is 0.422. The maximum Gasteiger partial charge on any atom is 0.122 e. The number of ether oxygens (including phenoxy) is 1. The summed E-state index contributed by atoms with van der Waals surface area (Å²) in [4.78, 5) is 0. The molecule has 0 amide bonds. The molecule has 0 radical (unpaired) electrons. The van der Waals surface area contributed by atoms with E-state index in [0.717, 1.165) is 31.7 Å². The van der Waals surface area contributed by atoms with E-state index < -0.39 is 0 Å². The first kappa shape index (κ1) is 14.4. The van der Waals surface area contributed by atoms with Gasteiger partial charge in [-0.1, -0.05) is 12.1 Å². The largest absolute Gasteiger partial charge is 0.494 e. The van der Waals surface area contributed by atoms with E-state index in [-0.39, 0.29) is 0 Å². The lowest BCUT2D eigenvalue weighted by atomic mass is 9.92. The number of rotatable bonds is 5. The van der Waals surface area contributed by atoms with Crippen LogP contribution in [0, 0.1) is 6.92 Å². The summed E-state index contributed by atoms with van der Waals surface area (Å²) in [5.41, 5.74) is 8.47. The molecule has 2 rings (SSSR count). The van der Waals surface area contributed by atoms with E-state index in [1.165, 1.54) is 24.0 Å². The van der Waals surface area contributed by atoms with Gasteiger partial charge in [0, 0.05) is 18.6 Å². The molecular weight excluding hydrogens is 236 g/mol. The van der Waals surface area contributed by atoms with Gasteiger partial charge in [0.05, 0.1) is 6.61 Å². The standard InChI is InChI=1S/C16H26N2O/c1-3-19-16-9-4-13(10-12(16)2)11-18-15-7-5-14(17)6-8-15/h4,9-10,14-15,18H,3,5-8,11,17H2,1-2H3. The average Bonchev–Trinajstić information content (AvgIpc) is 2.41. The second kappa shape index (κ2) is 6.92. The summed E-state index contributed by atoms with van der Waals surface area (Å²) >= 11 is 0. The molecule has 1 aromatic rings. The fourth-order valence-corrected chi connectivity index (χ4v) is 2.72. The molecule has 3 heteroatoms. The Balaban J connectivity index is 1.84. The molecule has 0 heterocycles. The molecule has 3 N–H and O–H groups in total. The molecule has 0 saturated heterocycles. The van der Waals surface area contributed by atoms with Crippen molar-refractivity contribution in [3.63, 3.8) is 0 Å². The third kappa shape index (κ3) is 4.22. The SMILES string of the molecule is CCOc1ccc(CNC2CCC(N)CC2)cc1C. The number of nitrogens with two attached hydrogens (primary N) is 1. The van der Waals surface area contributed by atoms with E-state index in [1.807, 2.05) is 6.92 Å². The van der Waals surface area contributed by atoms with Gasteiger partial charge in [-0.25, -0.2) is 0 Å². The first-order valence-corrected chi connectivity index (χ1v) is 7.40. The Morgan fingerprint density at radius 3 is 2.63 bits per heavy atom. The van der Waals surface area contributed by atoms with Crippen LogP contribution in [0.5, 0.6) is 5.75 Å². The van der Waals surface area contributed by atoms with E-state index in [1.54, 1.807) is 0 Å². The molecule has 3 nitrogen and oxygen atoms in total. The maximum atomic E-state index is 5.93. The van der Waals surface area contributed by atoms with Crippen LogP contribution in [0.3, 0.4) is 0 Å². The van der Waals surface area contributed by atoms with Gasteiger partial charge >= 0.3 is 0 Å². The van der Waals surface area contributed by atoms with E-state index in [0.29, 0.717) is 12.1 Å². The molecule has 0 aliphatic heterocycles. The topological polar surface area (TPSA) is 47.3 Å². The fourth-order valence-electron chi connectivity index (χ4n) is 2.72. The summed E-state index contributed by atoms with van der Waals surface area (Å²) in [6.45, 7) is 5.78. The normalized spacial score (nSPS) is 23.3. The van der Waals surface area contributed by atoms with E-state index in [9.17, 15) is 0 Å². The molecule has 19 heavy (non-hydrogen) atoms. The van der Waals surface area contributed by atoms with Gasteiger partial charge in [-0.3, -0.25) is 0 Å². The van der Waals surface area contributed by atoms with Gasteiger partial charge in [0.1, 0.15) is 5.75 Å². The quantitative estimate of drug-likeness (QED) is 0.857. The van der Waals surface area contributed by atoms with Crippen molar-refractivity contribution in [1.29, 1.82) is 0 Å². The smallest absolute Gasteiger partial charge is 0.122 e. The van der Waals surface area contributed by atoms with Gasteiger partial charge in [0.25, 0.3) is 0 Å². The van der Waals surface area contributed by atoms with Crippen molar-refractivity contribution in [3.8, 4) is 5.75 Å². The van der Waals surface area contributed by atoms with Crippen LogP contribution >= 0.6 is 0 Å². The monoisotopic (exact) mass is 262 g/mol. The van der Waals surface area contributed by atoms with Crippen molar-refractivity contribution in [2.45, 2.75) is 58.2 Å². The van der Waals surface area contributed by atoms with Crippen molar-refractivity contribution in [1.82, 2.24) is 5.32 Å². The Morgan fingerprint density at radius 2 is 2.00 bits per heavy atom. The number of nitrogens with one attached hydrogen (secondary N) is 1. The van der Waals surface area contributed by atoms with E-state index in [2.05, 4.69) is 30.4 Å². The Kier molecular flexibility index (Phi) is 5.23. The zero-order valence-electron chi connectivity index (χ0n) is 12.1. The van der Waals surface area contributed by atoms with Crippen LogP contribution in [0.25, 0.3) is 0 Å². The highest BCUT2D eigenvalue weighted by molar-refractivity contribution is 5.36. The minimum atomic E-state index is 0.422. The van der Waals surface area contributed by atoms with E-state index in [4.69, 9.17) is 10.5 Å². The molecule has 1 fully saturated rings. The van der Waals surface area contributed by atoms with Crippen LogP contribution in [0.1, 0.15) is 43.7 Å². The summed E-state index contributed by atoms with van der Waals surface area (Å²) in [5.74, 6) is 0.995. The van der Waals surface area contributed by atoms with Crippen molar-refractivity contribution in [2.75, 3.05) is 6.61 Å². The average molecular weight is 262 g/mol. The fraction of sp³-hybridized carbons (Fsp3) is 0.625. The number of hydrogen-bond acceptors (Lipinski definition) is 3. The Morgan fingerprint density at radius 1 is 1.26 bits per heavy atom. The van der Waals surface area contributed by atoms with Crippen molar-refractivity contribution in [2.24, 2.45) is 5.73 Å². The summed E-state index contributed by atoms with van der Waals surface area (Å²) in [7, 11) is 0.